The van der Waals surface area contributed by atoms with Crippen LogP contribution in [0.25, 0.3) is 10.9 Å². The van der Waals surface area contributed by atoms with E-state index in [0.717, 1.165) is 11.1 Å². The molecule has 18 atom stereocenters. The van der Waals surface area contributed by atoms with Crippen molar-refractivity contribution in [3.8, 4) is 0 Å². The van der Waals surface area contributed by atoms with E-state index >= 15 is 0 Å². The maximum atomic E-state index is 14.8. The predicted molar refractivity (Wildman–Crippen MR) is 287 cm³/mol. The summed E-state index contributed by atoms with van der Waals surface area (Å²) in [5.74, 6) is -4.54. The molecule has 4 fully saturated rings. The van der Waals surface area contributed by atoms with E-state index in [-0.39, 0.29) is 56.0 Å². The Morgan fingerprint density at radius 2 is 1.68 bits per heavy atom. The molecule has 1 aromatic carbocycles. The zero-order valence-electron chi connectivity index (χ0n) is 48.7. The fourth-order valence-electron chi connectivity index (χ4n) is 12.9. The fraction of sp³-hybridized carbons (Fsp3) is 0.772. The van der Waals surface area contributed by atoms with Crippen LogP contribution in [0, 0.1) is 17.8 Å². The number of ether oxygens (including phenoxy) is 10. The average molecular weight is 1120 g/mol. The van der Waals surface area contributed by atoms with E-state index in [1.165, 1.54) is 13.3 Å². The van der Waals surface area contributed by atoms with Gasteiger partial charge in [-0.1, -0.05) is 26.8 Å². The number of nitrogens with one attached hydrogen (secondary N) is 1. The molecule has 0 bridgehead atoms. The number of aromatic carboxylic acids is 1. The Hall–Kier alpha value is -4.33. The molecular weight excluding hydrogens is 1030 g/mol. The number of methoxy groups -OCH3 is 1. The lowest BCUT2D eigenvalue weighted by atomic mass is 9.77. The molecule has 5 aliphatic heterocycles. The number of esters is 2. The number of aryl methyl sites for hydroxylation is 1. The van der Waals surface area contributed by atoms with Gasteiger partial charge in [-0.25, -0.2) is 9.59 Å². The van der Waals surface area contributed by atoms with Crippen molar-refractivity contribution in [3.63, 3.8) is 0 Å². The highest BCUT2D eigenvalue weighted by Gasteiger charge is 2.58. The first-order chi connectivity index (χ1) is 37.1. The number of benzene rings is 1. The quantitative estimate of drug-likeness (QED) is 0.100. The molecule has 79 heavy (non-hydrogen) atoms. The molecule has 0 saturated carbocycles. The van der Waals surface area contributed by atoms with E-state index in [1.54, 1.807) is 45.3 Å². The Morgan fingerprint density at radius 1 is 0.962 bits per heavy atom. The number of carboxylic acids is 1. The number of aliphatic hydroxyl groups is 2. The Kier molecular flexibility index (Phi) is 20.1. The zero-order valence-corrected chi connectivity index (χ0v) is 48.7. The second-order valence-electron chi connectivity index (χ2n) is 23.9. The lowest BCUT2D eigenvalue weighted by molar-refractivity contribution is -0.318. The van der Waals surface area contributed by atoms with Crippen LogP contribution in [0.2, 0.25) is 0 Å². The van der Waals surface area contributed by atoms with Gasteiger partial charge in [0.15, 0.2) is 30.4 Å². The van der Waals surface area contributed by atoms with Crippen LogP contribution in [0.1, 0.15) is 129 Å². The molecule has 22 heteroatoms. The number of nitrogens with zero attached hydrogens (tertiary/aromatic N) is 3. The lowest BCUT2D eigenvalue weighted by Crippen LogP contribution is -2.61. The molecule has 5 aliphatic rings. The second kappa shape index (κ2) is 25.4. The minimum absolute atomic E-state index is 0.0314. The number of carbonyl (C=O) groups is 4. The van der Waals surface area contributed by atoms with E-state index in [4.69, 9.17) is 47.4 Å². The number of carbonyl (C=O) groups excluding carboxylic acids is 3. The fourth-order valence-corrected chi connectivity index (χ4v) is 12.9. The SMILES string of the molecule is CC[C@H]1OC(=O)[C@H](C)[C@@H](O[C@H]2C[C@@](C)(OC)[C@@H](OC(=O)CCNCCCc3cc4c5c(c3)c(=O)c(C(=O)O)cn5COC4)[C@H](C)O2)[C@H](C)[C@@H](O[C@@H]2O[C@H](C)C[C@H](N(C)C)[C@H]2O)[C@](C)(O)C[C@@H](C)CN(C)[C@H](C)[C@@H]2OC(=O)O[C@]12C. The standard InChI is InChI=1S/C57H88N4O18/c1-15-41-57(10)49(78-54(68)79-57)34(6)60(13)26-30(2)24-55(8,69)48(77-53-46(64)40(59(11)12)21-31(3)72-53)32(4)47(33(5)52(67)74-41)76-43-25-56(9,70-14)50(35(7)73-43)75-42(62)18-20-58-19-16-17-36-22-37-28-71-29-61-27-39(51(65)66)45(63)38(23-36)44(37)61/h22-23,27,30-35,40-41,43,46-50,53,58,64,69H,15-21,24-26,28-29H2,1-14H3,(H,65,66)/t30-,31-,32+,33-,34-,35+,40+,41-,43+,46-,47+,48-,49+,50+,53+,55-,56-,57-/m1/s1. The third-order valence-electron chi connectivity index (χ3n) is 17.2. The normalized spacial score (nSPS) is 37.8. The highest BCUT2D eigenvalue weighted by atomic mass is 16.8. The molecular formula is C57H88N4O18. The Bertz CT molecular complexity index is 2540. The monoisotopic (exact) mass is 1120 g/mol. The number of fused-ring (bicyclic) bond motifs is 1. The van der Waals surface area contributed by atoms with Gasteiger partial charge in [0.25, 0.3) is 0 Å². The van der Waals surface area contributed by atoms with Gasteiger partial charge >= 0.3 is 24.1 Å². The maximum Gasteiger partial charge on any atom is 0.509 e. The van der Waals surface area contributed by atoms with Gasteiger partial charge in [0.05, 0.1) is 54.5 Å². The van der Waals surface area contributed by atoms with Gasteiger partial charge in [0, 0.05) is 61.8 Å². The molecule has 0 spiro atoms. The van der Waals surface area contributed by atoms with E-state index in [0.29, 0.717) is 56.4 Å². The van der Waals surface area contributed by atoms with Crippen molar-refractivity contribution in [1.82, 2.24) is 19.7 Å². The number of likely N-dealkylation sites (N-methyl/N-ethyl adjacent to an activating group) is 2. The number of pyridine rings is 1. The van der Waals surface area contributed by atoms with E-state index in [2.05, 4.69) is 5.32 Å². The second-order valence-corrected chi connectivity index (χ2v) is 23.9. The summed E-state index contributed by atoms with van der Waals surface area (Å²) in [5.41, 5.74) is -2.63. The highest BCUT2D eigenvalue weighted by molar-refractivity contribution is 5.93. The predicted octanol–water partition coefficient (Wildman–Crippen LogP) is 4.75. The van der Waals surface area contributed by atoms with Crippen molar-refractivity contribution in [2.24, 2.45) is 17.8 Å². The van der Waals surface area contributed by atoms with Crippen molar-refractivity contribution in [1.29, 1.82) is 0 Å². The number of hydrogen-bond acceptors (Lipinski definition) is 20. The summed E-state index contributed by atoms with van der Waals surface area (Å²) in [6, 6.07) is 3.00. The molecule has 0 amide bonds. The molecule has 0 unspecified atom stereocenters. The third kappa shape index (κ3) is 13.6. The first-order valence-electron chi connectivity index (χ1n) is 28.1. The molecule has 7 rings (SSSR count). The van der Waals surface area contributed by atoms with Crippen LogP contribution >= 0.6 is 0 Å². The van der Waals surface area contributed by atoms with Crippen LogP contribution in [-0.4, -0.2) is 192 Å². The Labute approximate surface area is 463 Å². The van der Waals surface area contributed by atoms with Crippen molar-refractivity contribution >= 4 is 35.0 Å². The molecule has 444 valence electrons. The van der Waals surface area contributed by atoms with Crippen LogP contribution in [-0.2, 0) is 76.7 Å². The van der Waals surface area contributed by atoms with Gasteiger partial charge in [0.2, 0.25) is 5.43 Å². The molecule has 6 heterocycles. The summed E-state index contributed by atoms with van der Waals surface area (Å²) in [5, 5.41) is 37.9. The van der Waals surface area contributed by atoms with Crippen LogP contribution < -0.4 is 10.7 Å². The Balaban J connectivity index is 1.07. The molecule has 4 N–H and O–H groups in total. The summed E-state index contributed by atoms with van der Waals surface area (Å²) >= 11 is 0. The number of hydrogen-bond donors (Lipinski definition) is 4. The summed E-state index contributed by atoms with van der Waals surface area (Å²) in [7, 11) is 7.17. The molecule has 0 radical (unpaired) electrons. The van der Waals surface area contributed by atoms with Gasteiger partial charge in [-0.15, -0.1) is 0 Å². The van der Waals surface area contributed by atoms with Crippen LogP contribution in [0.15, 0.2) is 23.1 Å². The van der Waals surface area contributed by atoms with E-state index in [1.807, 2.05) is 71.6 Å². The summed E-state index contributed by atoms with van der Waals surface area (Å²) in [6.45, 7) is 19.9. The minimum atomic E-state index is -1.63. The van der Waals surface area contributed by atoms with Crippen LogP contribution in [0.3, 0.4) is 0 Å². The number of rotatable bonds is 16. The van der Waals surface area contributed by atoms with Crippen molar-refractivity contribution in [3.05, 3.63) is 45.2 Å². The zero-order chi connectivity index (χ0) is 58.1. The summed E-state index contributed by atoms with van der Waals surface area (Å²) in [4.78, 5) is 70.2. The van der Waals surface area contributed by atoms with E-state index in [9.17, 15) is 39.3 Å². The molecule has 0 aliphatic carbocycles. The van der Waals surface area contributed by atoms with Gasteiger partial charge < -0.3 is 77.5 Å². The number of aliphatic hydroxyl groups excluding tert-OH is 1. The van der Waals surface area contributed by atoms with Gasteiger partial charge in [-0.3, -0.25) is 19.3 Å². The molecule has 1 aromatic heterocycles. The van der Waals surface area contributed by atoms with Crippen molar-refractivity contribution in [2.45, 2.75) is 218 Å². The first kappa shape index (κ1) is 62.3. The first-order valence-corrected chi connectivity index (χ1v) is 28.1. The minimum Gasteiger partial charge on any atom is -0.477 e. The summed E-state index contributed by atoms with van der Waals surface area (Å²) in [6.07, 6.45) is -6.48. The van der Waals surface area contributed by atoms with Gasteiger partial charge in [0.1, 0.15) is 30.1 Å². The number of carboxylic acid groups (broad SMARTS) is 1. The summed E-state index contributed by atoms with van der Waals surface area (Å²) < 4.78 is 64.4. The molecule has 2 aromatic rings. The highest BCUT2D eigenvalue weighted by Crippen LogP contribution is 2.42. The maximum absolute atomic E-state index is 14.8. The Morgan fingerprint density at radius 3 is 2.35 bits per heavy atom. The van der Waals surface area contributed by atoms with Gasteiger partial charge in [-0.05, 0) is 126 Å². The van der Waals surface area contributed by atoms with Crippen LogP contribution in [0.4, 0.5) is 4.79 Å². The van der Waals surface area contributed by atoms with Gasteiger partial charge in [-0.2, -0.15) is 0 Å². The van der Waals surface area contributed by atoms with Crippen molar-refractivity contribution < 1.29 is 81.9 Å². The average Bonchev–Trinajstić information content (AvgIpc) is 3.82. The topological polar surface area (TPSA) is 262 Å². The van der Waals surface area contributed by atoms with E-state index < -0.39 is 119 Å². The third-order valence-corrected chi connectivity index (χ3v) is 17.2. The molecule has 22 nitrogen and oxygen atoms in total. The van der Waals surface area contributed by atoms with Crippen LogP contribution in [0.5, 0.6) is 0 Å². The molecule has 4 saturated heterocycles. The lowest BCUT2D eigenvalue weighted by Gasteiger charge is -2.49. The largest absolute Gasteiger partial charge is 0.509 e. The van der Waals surface area contributed by atoms with Crippen molar-refractivity contribution in [2.75, 3.05) is 47.9 Å². The number of cyclic esters (lactones) is 1. The number of aromatic nitrogens is 1. The smallest absolute Gasteiger partial charge is 0.477 e.